The fourth-order valence-corrected chi connectivity index (χ4v) is 10.6. The van der Waals surface area contributed by atoms with Gasteiger partial charge in [-0.25, -0.2) is 9.97 Å². The Bertz CT molecular complexity index is 3570. The fraction of sp³-hybridized carbons (Fsp3) is 0.0169. The van der Waals surface area contributed by atoms with Crippen LogP contribution in [-0.4, -0.2) is 14.5 Å². The largest absolute Gasteiger partial charge is 0.309 e. The van der Waals surface area contributed by atoms with Crippen LogP contribution in [0.25, 0.3) is 94.8 Å². The molecule has 1 aliphatic carbocycles. The third-order valence-corrected chi connectivity index (χ3v) is 13.3. The minimum atomic E-state index is -0.499. The molecule has 62 heavy (non-hydrogen) atoms. The van der Waals surface area contributed by atoms with Gasteiger partial charge in [-0.05, 0) is 79.9 Å². The first kappa shape index (κ1) is 34.7. The maximum absolute atomic E-state index is 5.28. The molecule has 1 spiro atoms. The van der Waals surface area contributed by atoms with Crippen LogP contribution in [0.3, 0.4) is 0 Å². The van der Waals surface area contributed by atoms with Gasteiger partial charge in [-0.3, -0.25) is 0 Å². The van der Waals surface area contributed by atoms with E-state index in [2.05, 4.69) is 223 Å². The van der Waals surface area contributed by atoms with Gasteiger partial charge in [0.2, 0.25) is 0 Å². The SMILES string of the molecule is c1ccc(-c2cc(-c3ccccc3-c3ccccc3)nc(-c3ccc(-c4ccc5c(c4)C4(c6ccccc6-5)c5ccccc5-n5c6ccccc6c6cccc4c65)cc3)n2)cc1. The molecule has 0 fully saturated rings. The first-order valence-electron chi connectivity index (χ1n) is 21.3. The molecular weight excluding hydrogens is 751 g/mol. The molecule has 0 saturated carbocycles. The fourth-order valence-electron chi connectivity index (χ4n) is 10.6. The van der Waals surface area contributed by atoms with Crippen LogP contribution in [-0.2, 0) is 5.41 Å². The van der Waals surface area contributed by atoms with Crippen LogP contribution in [0, 0.1) is 0 Å². The Labute approximate surface area is 359 Å². The van der Waals surface area contributed by atoms with E-state index in [1.807, 2.05) is 6.07 Å². The summed E-state index contributed by atoms with van der Waals surface area (Å²) in [6.45, 7) is 0. The van der Waals surface area contributed by atoms with Crippen LogP contribution in [0.4, 0.5) is 0 Å². The Hall–Kier alpha value is -8.14. The Morgan fingerprint density at radius 2 is 0.903 bits per heavy atom. The molecule has 0 radical (unpaired) electrons. The number of nitrogens with zero attached hydrogens (tertiary/aromatic N) is 3. The minimum Gasteiger partial charge on any atom is -0.309 e. The molecule has 3 heteroatoms. The highest BCUT2D eigenvalue weighted by Gasteiger charge is 2.50. The molecule has 0 amide bonds. The summed E-state index contributed by atoms with van der Waals surface area (Å²) in [7, 11) is 0. The van der Waals surface area contributed by atoms with Crippen molar-refractivity contribution in [1.82, 2.24) is 14.5 Å². The van der Waals surface area contributed by atoms with Crippen molar-refractivity contribution in [2.75, 3.05) is 0 Å². The van der Waals surface area contributed by atoms with Gasteiger partial charge >= 0.3 is 0 Å². The summed E-state index contributed by atoms with van der Waals surface area (Å²) in [6.07, 6.45) is 0. The van der Waals surface area contributed by atoms with Gasteiger partial charge in [-0.1, -0.05) is 200 Å². The first-order chi connectivity index (χ1) is 30.8. The molecule has 2 aromatic heterocycles. The molecule has 11 aromatic rings. The van der Waals surface area contributed by atoms with Gasteiger partial charge in [0.15, 0.2) is 5.82 Å². The molecule has 1 atom stereocenters. The Balaban J connectivity index is 0.973. The van der Waals surface area contributed by atoms with Crippen LogP contribution >= 0.6 is 0 Å². The molecule has 1 unspecified atom stereocenters. The smallest absolute Gasteiger partial charge is 0.160 e. The van der Waals surface area contributed by atoms with Crippen molar-refractivity contribution in [1.29, 1.82) is 0 Å². The van der Waals surface area contributed by atoms with E-state index in [1.165, 1.54) is 66.4 Å². The zero-order chi connectivity index (χ0) is 40.8. The van der Waals surface area contributed by atoms with E-state index in [1.54, 1.807) is 0 Å². The lowest BCUT2D eigenvalue weighted by molar-refractivity contribution is 0.749. The number of rotatable bonds is 5. The molecule has 288 valence electrons. The van der Waals surface area contributed by atoms with Gasteiger partial charge in [0.25, 0.3) is 0 Å². The predicted octanol–water partition coefficient (Wildman–Crippen LogP) is 14.6. The second kappa shape index (κ2) is 13.4. The van der Waals surface area contributed by atoms with E-state index in [4.69, 9.17) is 9.97 Å². The molecule has 1 aliphatic heterocycles. The second-order valence-electron chi connectivity index (χ2n) is 16.4. The highest BCUT2D eigenvalue weighted by atomic mass is 15.0. The number of fused-ring (bicyclic) bond motifs is 12. The predicted molar refractivity (Wildman–Crippen MR) is 254 cm³/mol. The standard InChI is InChI=1S/C59H37N3/c1-3-16-39(17-4-1)43-20-7-8-22-46(43)54-37-53(40-18-5-2-6-19-40)60-58(61-54)41-32-30-38(31-33-41)42-34-35-45-44-21-9-11-25-49(44)59(52(45)36-42)50-26-12-14-29-56(50)62-55-28-13-10-23-47(55)48-24-15-27-51(59)57(48)62/h1-37H. The number of aromatic nitrogens is 3. The van der Waals surface area contributed by atoms with Gasteiger partial charge in [-0.15, -0.1) is 0 Å². The van der Waals surface area contributed by atoms with Crippen molar-refractivity contribution in [3.8, 4) is 73.0 Å². The third-order valence-electron chi connectivity index (χ3n) is 13.3. The lowest BCUT2D eigenvalue weighted by Gasteiger charge is -2.39. The summed E-state index contributed by atoms with van der Waals surface area (Å²) in [5.41, 5.74) is 20.6. The number of para-hydroxylation sites is 3. The number of hydrogen-bond donors (Lipinski definition) is 0. The van der Waals surface area contributed by atoms with Crippen LogP contribution in [0.5, 0.6) is 0 Å². The van der Waals surface area contributed by atoms with Crippen molar-refractivity contribution in [2.24, 2.45) is 0 Å². The Morgan fingerprint density at radius 3 is 1.73 bits per heavy atom. The van der Waals surface area contributed by atoms with E-state index >= 15 is 0 Å². The lowest BCUT2D eigenvalue weighted by Crippen LogP contribution is -2.33. The molecule has 0 saturated heterocycles. The summed E-state index contributed by atoms with van der Waals surface area (Å²) in [5, 5.41) is 2.57. The second-order valence-corrected chi connectivity index (χ2v) is 16.4. The maximum Gasteiger partial charge on any atom is 0.160 e. The van der Waals surface area contributed by atoms with Gasteiger partial charge in [0, 0.05) is 27.5 Å². The quantitative estimate of drug-likeness (QED) is 0.174. The lowest BCUT2D eigenvalue weighted by atomic mass is 9.65. The Morgan fingerprint density at radius 1 is 0.323 bits per heavy atom. The molecular formula is C59H37N3. The van der Waals surface area contributed by atoms with E-state index in [-0.39, 0.29) is 0 Å². The average molecular weight is 788 g/mol. The zero-order valence-corrected chi connectivity index (χ0v) is 33.7. The third kappa shape index (κ3) is 4.94. The van der Waals surface area contributed by atoms with Crippen molar-refractivity contribution in [3.05, 3.63) is 247 Å². The molecule has 9 aromatic carbocycles. The van der Waals surface area contributed by atoms with Gasteiger partial charge < -0.3 is 4.57 Å². The topological polar surface area (TPSA) is 30.7 Å². The molecule has 3 heterocycles. The molecule has 13 rings (SSSR count). The number of benzene rings is 9. The summed E-state index contributed by atoms with van der Waals surface area (Å²) < 4.78 is 2.50. The maximum atomic E-state index is 5.28. The first-order valence-corrected chi connectivity index (χ1v) is 21.3. The summed E-state index contributed by atoms with van der Waals surface area (Å²) >= 11 is 0. The van der Waals surface area contributed by atoms with E-state index in [0.717, 1.165) is 44.8 Å². The molecule has 2 aliphatic rings. The summed E-state index contributed by atoms with van der Waals surface area (Å²) in [6, 6.07) is 81.4. The minimum absolute atomic E-state index is 0.499. The monoisotopic (exact) mass is 787 g/mol. The zero-order valence-electron chi connectivity index (χ0n) is 33.7. The van der Waals surface area contributed by atoms with Crippen molar-refractivity contribution < 1.29 is 0 Å². The van der Waals surface area contributed by atoms with Crippen LogP contribution in [0.15, 0.2) is 224 Å². The highest BCUT2D eigenvalue weighted by Crippen LogP contribution is 2.61. The van der Waals surface area contributed by atoms with E-state index < -0.39 is 5.41 Å². The van der Waals surface area contributed by atoms with Crippen molar-refractivity contribution >= 4 is 21.8 Å². The summed E-state index contributed by atoms with van der Waals surface area (Å²) in [5.74, 6) is 0.696. The van der Waals surface area contributed by atoms with Crippen molar-refractivity contribution in [3.63, 3.8) is 0 Å². The number of hydrogen-bond acceptors (Lipinski definition) is 2. The molecule has 3 nitrogen and oxygen atoms in total. The van der Waals surface area contributed by atoms with Gasteiger partial charge in [0.1, 0.15) is 0 Å². The van der Waals surface area contributed by atoms with E-state index in [0.29, 0.717) is 5.82 Å². The van der Waals surface area contributed by atoms with Crippen LogP contribution in [0.1, 0.15) is 22.3 Å². The molecule has 0 bridgehead atoms. The highest BCUT2D eigenvalue weighted by molar-refractivity contribution is 6.13. The van der Waals surface area contributed by atoms with Gasteiger partial charge in [-0.2, -0.15) is 0 Å². The average Bonchev–Trinajstić information content (AvgIpc) is 3.85. The Kier molecular flexibility index (Phi) is 7.52. The van der Waals surface area contributed by atoms with E-state index in [9.17, 15) is 0 Å². The van der Waals surface area contributed by atoms with Gasteiger partial charge in [0.05, 0.1) is 33.5 Å². The van der Waals surface area contributed by atoms with Crippen LogP contribution < -0.4 is 0 Å². The van der Waals surface area contributed by atoms with Crippen molar-refractivity contribution in [2.45, 2.75) is 5.41 Å². The van der Waals surface area contributed by atoms with Crippen LogP contribution in [0.2, 0.25) is 0 Å². The normalized spacial score (nSPS) is 14.5. The molecule has 0 N–H and O–H groups in total. The summed E-state index contributed by atoms with van der Waals surface area (Å²) in [4.78, 5) is 10.5.